The molecule has 0 spiro atoms. The van der Waals surface area contributed by atoms with Gasteiger partial charge in [-0.05, 0) is 5.56 Å². The van der Waals surface area contributed by atoms with E-state index in [0.29, 0.717) is 15.9 Å². The quantitative estimate of drug-likeness (QED) is 0.698. The molecule has 0 amide bonds. The summed E-state index contributed by atoms with van der Waals surface area (Å²) in [5.74, 6) is 0.596. The number of benzene rings is 1. The molecular weight excluding hydrogens is 236 g/mol. The number of nitrogens with zero attached hydrogens (tertiary/aromatic N) is 4. The average Bonchev–Trinajstić information content (AvgIpc) is 2.88. The topological polar surface area (TPSA) is 95.1 Å². The first-order chi connectivity index (χ1) is 8.25. The molecule has 0 radical (unpaired) electrons. The summed E-state index contributed by atoms with van der Waals surface area (Å²) in [6.45, 7) is 0. The number of fused-ring (bicyclic) bond motifs is 1. The Morgan fingerprint density at radius 3 is 2.71 bits per heavy atom. The Balaban J connectivity index is 2.09. The lowest BCUT2D eigenvalue weighted by Crippen LogP contribution is -2.15. The molecule has 0 aliphatic rings. The van der Waals surface area contributed by atoms with Crippen LogP contribution in [0.1, 0.15) is 17.4 Å². The Kier molecular flexibility index (Phi) is 2.27. The van der Waals surface area contributed by atoms with Gasteiger partial charge in [0.2, 0.25) is 10.1 Å². The van der Waals surface area contributed by atoms with E-state index in [2.05, 4.69) is 15.3 Å². The summed E-state index contributed by atoms with van der Waals surface area (Å²) in [5, 5.41) is 12.6. The number of aromatic nitrogens is 4. The second-order valence-corrected chi connectivity index (χ2v) is 4.57. The number of anilines is 1. The number of hydrogen-bond donors (Lipinski definition) is 2. The summed E-state index contributed by atoms with van der Waals surface area (Å²) < 4.78 is 1.59. The van der Waals surface area contributed by atoms with Crippen LogP contribution in [0.3, 0.4) is 0 Å². The van der Waals surface area contributed by atoms with E-state index in [0.717, 1.165) is 5.56 Å². The molecule has 1 atom stereocenters. The van der Waals surface area contributed by atoms with Crippen LogP contribution in [0, 0.1) is 0 Å². The molecule has 1 aromatic carbocycles. The fourth-order valence-electron chi connectivity index (χ4n) is 1.65. The number of nitrogens with two attached hydrogens (primary N) is 2. The Hall–Kier alpha value is -1.99. The van der Waals surface area contributed by atoms with Crippen molar-refractivity contribution < 1.29 is 0 Å². The predicted octanol–water partition coefficient (Wildman–Crippen LogP) is 0.816. The Morgan fingerprint density at radius 1 is 1.18 bits per heavy atom. The first-order valence-corrected chi connectivity index (χ1v) is 5.85. The molecule has 3 rings (SSSR count). The van der Waals surface area contributed by atoms with Crippen LogP contribution in [-0.4, -0.2) is 19.8 Å². The SMILES string of the molecule is Nc1nn2c(C(N)c3ccccc3)nnc2s1. The lowest BCUT2D eigenvalue weighted by Gasteiger charge is -2.08. The lowest BCUT2D eigenvalue weighted by molar-refractivity contribution is 0.733. The maximum atomic E-state index is 6.14. The van der Waals surface area contributed by atoms with Crippen molar-refractivity contribution in [2.45, 2.75) is 6.04 Å². The molecule has 2 aromatic heterocycles. The van der Waals surface area contributed by atoms with E-state index in [1.54, 1.807) is 4.52 Å². The molecule has 17 heavy (non-hydrogen) atoms. The van der Waals surface area contributed by atoms with Gasteiger partial charge in [0.1, 0.15) is 0 Å². The van der Waals surface area contributed by atoms with Crippen molar-refractivity contribution in [3.8, 4) is 0 Å². The highest BCUT2D eigenvalue weighted by Gasteiger charge is 2.18. The molecule has 4 N–H and O–H groups in total. The highest BCUT2D eigenvalue weighted by atomic mass is 32.1. The van der Waals surface area contributed by atoms with Gasteiger partial charge in [0.25, 0.3) is 0 Å². The number of nitrogen functional groups attached to an aromatic ring is 1. The van der Waals surface area contributed by atoms with Crippen LogP contribution in [0.25, 0.3) is 4.96 Å². The fraction of sp³-hybridized carbons (Fsp3) is 0.100. The first kappa shape index (κ1) is 10.2. The summed E-state index contributed by atoms with van der Waals surface area (Å²) >= 11 is 1.29. The van der Waals surface area contributed by atoms with E-state index in [1.807, 2.05) is 30.3 Å². The van der Waals surface area contributed by atoms with Crippen molar-refractivity contribution in [1.29, 1.82) is 0 Å². The molecule has 0 fully saturated rings. The van der Waals surface area contributed by atoms with E-state index in [1.165, 1.54) is 11.3 Å². The smallest absolute Gasteiger partial charge is 0.236 e. The van der Waals surface area contributed by atoms with Crippen molar-refractivity contribution in [3.05, 3.63) is 41.7 Å². The van der Waals surface area contributed by atoms with Crippen molar-refractivity contribution >= 4 is 21.4 Å². The highest BCUT2D eigenvalue weighted by Crippen LogP contribution is 2.21. The van der Waals surface area contributed by atoms with Gasteiger partial charge in [-0.25, -0.2) is 0 Å². The molecule has 0 saturated heterocycles. The molecular formula is C10H10N6S. The van der Waals surface area contributed by atoms with Crippen LogP contribution in [0.4, 0.5) is 5.13 Å². The fourth-order valence-corrected chi connectivity index (χ4v) is 2.26. The van der Waals surface area contributed by atoms with Gasteiger partial charge in [0, 0.05) is 0 Å². The Morgan fingerprint density at radius 2 is 1.94 bits per heavy atom. The third-order valence-corrected chi connectivity index (χ3v) is 3.20. The monoisotopic (exact) mass is 246 g/mol. The molecule has 0 saturated carbocycles. The van der Waals surface area contributed by atoms with Gasteiger partial charge in [-0.15, -0.1) is 15.3 Å². The average molecular weight is 246 g/mol. The minimum absolute atomic E-state index is 0.354. The molecule has 0 bridgehead atoms. The summed E-state index contributed by atoms with van der Waals surface area (Å²) in [6, 6.07) is 9.35. The van der Waals surface area contributed by atoms with Crippen LogP contribution < -0.4 is 11.5 Å². The lowest BCUT2D eigenvalue weighted by atomic mass is 10.1. The van der Waals surface area contributed by atoms with E-state index < -0.39 is 0 Å². The summed E-state index contributed by atoms with van der Waals surface area (Å²) in [5.41, 5.74) is 12.7. The molecule has 3 aromatic rings. The summed E-state index contributed by atoms with van der Waals surface area (Å²) in [4.78, 5) is 0.656. The van der Waals surface area contributed by atoms with E-state index >= 15 is 0 Å². The maximum Gasteiger partial charge on any atom is 0.236 e. The van der Waals surface area contributed by atoms with Gasteiger partial charge in [0.15, 0.2) is 5.82 Å². The standard InChI is InChI=1S/C10H10N6S/c11-7(6-4-2-1-3-5-6)8-13-14-10-16(8)15-9(12)17-10/h1-5,7H,11H2,(H2,12,15). The molecule has 2 heterocycles. The summed E-state index contributed by atoms with van der Waals surface area (Å²) in [6.07, 6.45) is 0. The first-order valence-electron chi connectivity index (χ1n) is 5.04. The van der Waals surface area contributed by atoms with Gasteiger partial charge < -0.3 is 11.5 Å². The zero-order valence-electron chi connectivity index (χ0n) is 8.82. The second-order valence-electron chi connectivity index (χ2n) is 3.58. The van der Waals surface area contributed by atoms with Gasteiger partial charge in [-0.3, -0.25) is 0 Å². The van der Waals surface area contributed by atoms with Crippen LogP contribution in [0.15, 0.2) is 30.3 Å². The molecule has 0 aliphatic heterocycles. The number of rotatable bonds is 2. The Labute approximate surface area is 101 Å². The zero-order chi connectivity index (χ0) is 11.8. The van der Waals surface area contributed by atoms with Gasteiger partial charge >= 0.3 is 0 Å². The van der Waals surface area contributed by atoms with Crippen molar-refractivity contribution in [3.63, 3.8) is 0 Å². The van der Waals surface area contributed by atoms with Crippen LogP contribution in [-0.2, 0) is 0 Å². The van der Waals surface area contributed by atoms with Crippen molar-refractivity contribution in [2.24, 2.45) is 5.73 Å². The summed E-state index contributed by atoms with van der Waals surface area (Å²) in [7, 11) is 0. The molecule has 1 unspecified atom stereocenters. The van der Waals surface area contributed by atoms with Gasteiger partial charge in [-0.2, -0.15) is 4.52 Å². The molecule has 0 aliphatic carbocycles. The Bertz CT molecular complexity index is 643. The van der Waals surface area contributed by atoms with Crippen molar-refractivity contribution in [1.82, 2.24) is 19.8 Å². The largest absolute Gasteiger partial charge is 0.374 e. The third-order valence-electron chi connectivity index (χ3n) is 2.47. The van der Waals surface area contributed by atoms with Crippen LogP contribution in [0.2, 0.25) is 0 Å². The van der Waals surface area contributed by atoms with Crippen molar-refractivity contribution in [2.75, 3.05) is 5.73 Å². The van der Waals surface area contributed by atoms with E-state index in [-0.39, 0.29) is 6.04 Å². The second kappa shape index (κ2) is 3.79. The minimum Gasteiger partial charge on any atom is -0.374 e. The van der Waals surface area contributed by atoms with E-state index in [9.17, 15) is 0 Å². The van der Waals surface area contributed by atoms with Gasteiger partial charge in [-0.1, -0.05) is 41.7 Å². The van der Waals surface area contributed by atoms with Crippen LogP contribution in [0.5, 0.6) is 0 Å². The molecule has 6 nitrogen and oxygen atoms in total. The molecule has 7 heteroatoms. The van der Waals surface area contributed by atoms with E-state index in [4.69, 9.17) is 11.5 Å². The number of hydrogen-bond acceptors (Lipinski definition) is 6. The third kappa shape index (κ3) is 1.65. The minimum atomic E-state index is -0.354. The van der Waals surface area contributed by atoms with Gasteiger partial charge in [0.05, 0.1) is 6.04 Å². The maximum absolute atomic E-state index is 6.14. The van der Waals surface area contributed by atoms with Crippen LogP contribution >= 0.6 is 11.3 Å². The predicted molar refractivity (Wildman–Crippen MR) is 65.5 cm³/mol. The highest BCUT2D eigenvalue weighted by molar-refractivity contribution is 7.20. The normalized spacial score (nSPS) is 13.0. The zero-order valence-corrected chi connectivity index (χ0v) is 9.63. The molecule has 86 valence electrons.